The number of carbonyl (C=O) groups is 1. The van der Waals surface area contributed by atoms with Crippen LogP contribution in [0.15, 0.2) is 70.8 Å². The van der Waals surface area contributed by atoms with Crippen molar-refractivity contribution in [2.75, 3.05) is 0 Å². The molecule has 0 atom stereocenters. The molecule has 2 aromatic heterocycles. The molecule has 0 radical (unpaired) electrons. The van der Waals surface area contributed by atoms with Crippen LogP contribution in [0.3, 0.4) is 0 Å². The van der Waals surface area contributed by atoms with Gasteiger partial charge < -0.3 is 9.88 Å². The smallest absolute Gasteiger partial charge is 0.258 e. The van der Waals surface area contributed by atoms with Crippen LogP contribution in [0.2, 0.25) is 0 Å². The molecule has 28 heavy (non-hydrogen) atoms. The van der Waals surface area contributed by atoms with Gasteiger partial charge in [0.05, 0.1) is 24.0 Å². The van der Waals surface area contributed by atoms with E-state index in [1.807, 2.05) is 17.5 Å². The fourth-order valence-corrected chi connectivity index (χ4v) is 3.70. The van der Waals surface area contributed by atoms with Crippen LogP contribution in [0.1, 0.15) is 21.1 Å². The highest BCUT2D eigenvalue weighted by atomic mass is 32.1. The summed E-state index contributed by atoms with van der Waals surface area (Å²) in [6, 6.07) is 16.4. The molecule has 4 aromatic rings. The second-order valence-electron chi connectivity index (χ2n) is 6.28. The molecule has 2 aromatic carbocycles. The van der Waals surface area contributed by atoms with E-state index in [1.54, 1.807) is 35.2 Å². The molecule has 0 spiro atoms. The molecule has 4 rings (SSSR count). The van der Waals surface area contributed by atoms with Crippen molar-refractivity contribution in [1.29, 1.82) is 0 Å². The Bertz CT molecular complexity index is 1190. The minimum absolute atomic E-state index is 0.104. The fourth-order valence-electron chi connectivity index (χ4n) is 2.98. The lowest BCUT2D eigenvalue weighted by Crippen LogP contribution is -2.31. The van der Waals surface area contributed by atoms with Crippen molar-refractivity contribution in [2.45, 2.75) is 13.1 Å². The Hall–Kier alpha value is -3.32. The molecular weight excluding hydrogens is 377 g/mol. The van der Waals surface area contributed by atoms with Crippen LogP contribution in [0.4, 0.5) is 4.39 Å². The van der Waals surface area contributed by atoms with Crippen LogP contribution in [-0.2, 0) is 13.1 Å². The third-order valence-corrected chi connectivity index (χ3v) is 5.15. The number of hydrogen-bond acceptors (Lipinski definition) is 4. The summed E-state index contributed by atoms with van der Waals surface area (Å²) >= 11 is 1.52. The van der Waals surface area contributed by atoms with Crippen molar-refractivity contribution < 1.29 is 9.18 Å². The maximum atomic E-state index is 13.6. The van der Waals surface area contributed by atoms with Crippen LogP contribution >= 0.6 is 11.3 Å². The molecule has 140 valence electrons. The fraction of sp³-hybridized carbons (Fsp3) is 0.0952. The van der Waals surface area contributed by atoms with Gasteiger partial charge in [0.1, 0.15) is 11.6 Å². The predicted octanol–water partition coefficient (Wildman–Crippen LogP) is 3.97. The number of nitrogens with one attached hydrogen (secondary N) is 1. The standard InChI is InChI=1S/C21H16FN3O2S/c22-15-6-3-5-14(11-15)21(27)25(12-16-7-4-10-28-16)13-19-23-18-9-2-1-8-17(18)20(26)24-19/h1-11H,12-13H2,(H,23,24,26). The lowest BCUT2D eigenvalue weighted by Gasteiger charge is -2.22. The molecule has 1 amide bonds. The van der Waals surface area contributed by atoms with Gasteiger partial charge in [0, 0.05) is 10.4 Å². The molecule has 0 aliphatic heterocycles. The molecule has 0 saturated carbocycles. The van der Waals surface area contributed by atoms with Crippen molar-refractivity contribution in [3.8, 4) is 0 Å². The second-order valence-corrected chi connectivity index (χ2v) is 7.31. The van der Waals surface area contributed by atoms with E-state index in [0.717, 1.165) is 4.88 Å². The lowest BCUT2D eigenvalue weighted by atomic mass is 10.2. The number of thiophene rings is 1. The van der Waals surface area contributed by atoms with E-state index in [1.165, 1.54) is 29.5 Å². The number of H-pyrrole nitrogens is 1. The van der Waals surface area contributed by atoms with Gasteiger partial charge in [-0.15, -0.1) is 11.3 Å². The zero-order chi connectivity index (χ0) is 19.5. The Morgan fingerprint density at radius 2 is 1.93 bits per heavy atom. The zero-order valence-electron chi connectivity index (χ0n) is 14.8. The summed E-state index contributed by atoms with van der Waals surface area (Å²) in [7, 11) is 0. The second kappa shape index (κ2) is 7.74. The summed E-state index contributed by atoms with van der Waals surface area (Å²) in [4.78, 5) is 35.1. The van der Waals surface area contributed by atoms with E-state index in [4.69, 9.17) is 0 Å². The molecule has 0 aliphatic rings. The molecule has 0 aliphatic carbocycles. The van der Waals surface area contributed by atoms with Crippen molar-refractivity contribution in [3.05, 3.63) is 98.5 Å². The number of amides is 1. The number of aromatic amines is 1. The minimum atomic E-state index is -0.473. The van der Waals surface area contributed by atoms with Crippen LogP contribution in [0, 0.1) is 5.82 Å². The number of hydrogen-bond donors (Lipinski definition) is 1. The van der Waals surface area contributed by atoms with Crippen molar-refractivity contribution >= 4 is 28.1 Å². The average molecular weight is 393 g/mol. The monoisotopic (exact) mass is 393 g/mol. The zero-order valence-corrected chi connectivity index (χ0v) is 15.6. The highest BCUT2D eigenvalue weighted by Gasteiger charge is 2.19. The van der Waals surface area contributed by atoms with Crippen molar-refractivity contribution in [2.24, 2.45) is 0 Å². The molecule has 0 bridgehead atoms. The van der Waals surface area contributed by atoms with E-state index in [9.17, 15) is 14.0 Å². The molecule has 0 unspecified atom stereocenters. The first-order valence-corrected chi connectivity index (χ1v) is 9.53. The Morgan fingerprint density at radius 3 is 2.71 bits per heavy atom. The molecule has 0 fully saturated rings. The van der Waals surface area contributed by atoms with Crippen molar-refractivity contribution in [3.63, 3.8) is 0 Å². The lowest BCUT2D eigenvalue weighted by molar-refractivity contribution is 0.0726. The molecule has 5 nitrogen and oxygen atoms in total. The largest absolute Gasteiger partial charge is 0.326 e. The number of nitrogens with zero attached hydrogens (tertiary/aromatic N) is 2. The average Bonchev–Trinajstić information content (AvgIpc) is 3.20. The minimum Gasteiger partial charge on any atom is -0.326 e. The van der Waals surface area contributed by atoms with Gasteiger partial charge in [0.25, 0.3) is 11.5 Å². The Balaban J connectivity index is 1.69. The Labute approximate surface area is 164 Å². The predicted molar refractivity (Wildman–Crippen MR) is 107 cm³/mol. The van der Waals surface area contributed by atoms with Crippen LogP contribution in [0.25, 0.3) is 10.9 Å². The van der Waals surface area contributed by atoms with Gasteiger partial charge in [0.2, 0.25) is 0 Å². The molecular formula is C21H16FN3O2S. The summed E-state index contributed by atoms with van der Waals surface area (Å²) in [5, 5.41) is 2.42. The maximum absolute atomic E-state index is 13.6. The third kappa shape index (κ3) is 3.84. The Kier molecular flexibility index (Phi) is 4.99. The molecule has 2 heterocycles. The number of aromatic nitrogens is 2. The molecule has 0 saturated heterocycles. The number of para-hydroxylation sites is 1. The summed E-state index contributed by atoms with van der Waals surface area (Å²) in [6.07, 6.45) is 0. The quantitative estimate of drug-likeness (QED) is 0.558. The topological polar surface area (TPSA) is 66.1 Å². The number of halogens is 1. The number of rotatable bonds is 5. The SMILES string of the molecule is O=C(c1cccc(F)c1)N(Cc1nc2ccccc2c(=O)[nH]1)Cc1cccs1. The van der Waals surface area contributed by atoms with E-state index < -0.39 is 5.82 Å². The van der Waals surface area contributed by atoms with Gasteiger partial charge in [-0.1, -0.05) is 24.3 Å². The highest BCUT2D eigenvalue weighted by molar-refractivity contribution is 7.09. The first-order chi connectivity index (χ1) is 13.6. The summed E-state index contributed by atoms with van der Waals surface area (Å²) < 4.78 is 13.6. The van der Waals surface area contributed by atoms with E-state index in [-0.39, 0.29) is 23.6 Å². The number of benzene rings is 2. The highest BCUT2D eigenvalue weighted by Crippen LogP contribution is 2.17. The van der Waals surface area contributed by atoms with Crippen LogP contribution in [0.5, 0.6) is 0 Å². The van der Waals surface area contributed by atoms with E-state index in [2.05, 4.69) is 9.97 Å². The normalized spacial score (nSPS) is 10.9. The summed E-state index contributed by atoms with van der Waals surface area (Å²) in [5.41, 5.74) is 0.560. The molecule has 7 heteroatoms. The third-order valence-electron chi connectivity index (χ3n) is 4.29. The van der Waals surface area contributed by atoms with Crippen molar-refractivity contribution in [1.82, 2.24) is 14.9 Å². The van der Waals surface area contributed by atoms with E-state index in [0.29, 0.717) is 23.3 Å². The first-order valence-electron chi connectivity index (χ1n) is 8.65. The van der Waals surface area contributed by atoms with Crippen LogP contribution < -0.4 is 5.56 Å². The van der Waals surface area contributed by atoms with Crippen LogP contribution in [-0.4, -0.2) is 20.8 Å². The first kappa shape index (κ1) is 18.1. The van der Waals surface area contributed by atoms with Gasteiger partial charge in [-0.25, -0.2) is 9.37 Å². The van der Waals surface area contributed by atoms with Gasteiger partial charge in [-0.3, -0.25) is 9.59 Å². The van der Waals surface area contributed by atoms with Gasteiger partial charge in [-0.05, 0) is 41.8 Å². The summed E-state index contributed by atoms with van der Waals surface area (Å²) in [6.45, 7) is 0.441. The molecule has 1 N–H and O–H groups in total. The number of carbonyl (C=O) groups excluding carboxylic acids is 1. The maximum Gasteiger partial charge on any atom is 0.258 e. The van der Waals surface area contributed by atoms with E-state index >= 15 is 0 Å². The van der Waals surface area contributed by atoms with Gasteiger partial charge in [-0.2, -0.15) is 0 Å². The summed E-state index contributed by atoms with van der Waals surface area (Å²) in [5.74, 6) is -0.423. The van der Waals surface area contributed by atoms with Gasteiger partial charge >= 0.3 is 0 Å². The Morgan fingerprint density at radius 1 is 1.07 bits per heavy atom. The number of fused-ring (bicyclic) bond motifs is 1. The van der Waals surface area contributed by atoms with Gasteiger partial charge in [0.15, 0.2) is 0 Å².